The smallest absolute Gasteiger partial charge is 0.166 e. The first-order chi connectivity index (χ1) is 8.52. The topological polar surface area (TPSA) is 47.7 Å². The van der Waals surface area contributed by atoms with Crippen LogP contribution in [0.25, 0.3) is 0 Å². The minimum absolute atomic E-state index is 0.0831. The highest BCUT2D eigenvalue weighted by molar-refractivity contribution is 4.83. The van der Waals surface area contributed by atoms with E-state index >= 15 is 0 Å². The van der Waals surface area contributed by atoms with Gasteiger partial charge in [-0.25, -0.2) is 0 Å². The molecule has 3 atom stereocenters. The molecule has 0 aromatic carbocycles. The average Bonchev–Trinajstić information content (AvgIpc) is 2.71. The van der Waals surface area contributed by atoms with Crippen molar-refractivity contribution in [1.29, 1.82) is 0 Å². The fraction of sp³-hybridized carbons (Fsp3) is 1.00. The molecule has 2 N–H and O–H groups in total. The molecule has 18 heavy (non-hydrogen) atoms. The van der Waals surface area contributed by atoms with Crippen molar-refractivity contribution in [3.63, 3.8) is 0 Å². The molecule has 2 aliphatic rings. The lowest BCUT2D eigenvalue weighted by Crippen LogP contribution is -2.43. The van der Waals surface area contributed by atoms with E-state index in [-0.39, 0.29) is 6.10 Å². The summed E-state index contributed by atoms with van der Waals surface area (Å²) in [6.07, 6.45) is 3.66. The van der Waals surface area contributed by atoms with Crippen molar-refractivity contribution in [1.82, 2.24) is 4.90 Å². The molecule has 0 radical (unpaired) electrons. The molecule has 2 rings (SSSR count). The van der Waals surface area contributed by atoms with Gasteiger partial charge in [0.1, 0.15) is 0 Å². The summed E-state index contributed by atoms with van der Waals surface area (Å²) in [5.41, 5.74) is 5.64. The van der Waals surface area contributed by atoms with Crippen molar-refractivity contribution in [2.75, 3.05) is 26.2 Å². The molecule has 2 aliphatic heterocycles. The standard InChI is InChI=1S/C14H28N2O2/c1-11(2)16-6-4-5-12(9-16)7-14(3)17-10-13(8-15)18-14/h11-13H,4-10,15H2,1-3H3. The summed E-state index contributed by atoms with van der Waals surface area (Å²) in [5, 5.41) is 0. The highest BCUT2D eigenvalue weighted by atomic mass is 16.7. The third-order valence-electron chi connectivity index (χ3n) is 4.19. The lowest BCUT2D eigenvalue weighted by atomic mass is 9.90. The predicted octanol–water partition coefficient (Wildman–Crippen LogP) is 1.59. The van der Waals surface area contributed by atoms with Crippen LogP contribution >= 0.6 is 0 Å². The third-order valence-corrected chi connectivity index (χ3v) is 4.19. The maximum Gasteiger partial charge on any atom is 0.166 e. The molecule has 0 aromatic heterocycles. The number of ether oxygens (including phenoxy) is 2. The van der Waals surface area contributed by atoms with Gasteiger partial charge in [0, 0.05) is 25.6 Å². The van der Waals surface area contributed by atoms with Crippen LogP contribution in [0.4, 0.5) is 0 Å². The van der Waals surface area contributed by atoms with Crippen molar-refractivity contribution in [2.24, 2.45) is 11.7 Å². The fourth-order valence-electron chi connectivity index (χ4n) is 3.17. The van der Waals surface area contributed by atoms with E-state index in [0.29, 0.717) is 25.1 Å². The van der Waals surface area contributed by atoms with E-state index in [1.807, 2.05) is 0 Å². The molecule has 106 valence electrons. The highest BCUT2D eigenvalue weighted by Crippen LogP contribution is 2.33. The average molecular weight is 256 g/mol. The second-order valence-electron chi connectivity index (χ2n) is 6.22. The van der Waals surface area contributed by atoms with Crippen molar-refractivity contribution in [3.8, 4) is 0 Å². The zero-order valence-electron chi connectivity index (χ0n) is 12.0. The first-order valence-electron chi connectivity index (χ1n) is 7.28. The Hall–Kier alpha value is -0.160. The minimum Gasteiger partial charge on any atom is -0.347 e. The van der Waals surface area contributed by atoms with E-state index in [4.69, 9.17) is 15.2 Å². The summed E-state index contributed by atoms with van der Waals surface area (Å²) >= 11 is 0. The van der Waals surface area contributed by atoms with Crippen LogP contribution < -0.4 is 5.73 Å². The SMILES string of the molecule is CC(C)N1CCCC(CC2(C)OCC(CN)O2)C1. The first-order valence-corrected chi connectivity index (χ1v) is 7.28. The number of hydrogen-bond acceptors (Lipinski definition) is 4. The Morgan fingerprint density at radius 2 is 2.22 bits per heavy atom. The number of likely N-dealkylation sites (tertiary alicyclic amines) is 1. The zero-order valence-corrected chi connectivity index (χ0v) is 12.0. The van der Waals surface area contributed by atoms with Gasteiger partial charge >= 0.3 is 0 Å². The highest BCUT2D eigenvalue weighted by Gasteiger charge is 2.39. The van der Waals surface area contributed by atoms with E-state index in [0.717, 1.165) is 6.42 Å². The fourth-order valence-corrected chi connectivity index (χ4v) is 3.17. The number of hydrogen-bond donors (Lipinski definition) is 1. The Bertz CT molecular complexity index is 273. The summed E-state index contributed by atoms with van der Waals surface area (Å²) < 4.78 is 11.8. The van der Waals surface area contributed by atoms with E-state index < -0.39 is 5.79 Å². The number of nitrogens with two attached hydrogens (primary N) is 1. The summed E-state index contributed by atoms with van der Waals surface area (Å²) in [6.45, 7) is 10.2. The monoisotopic (exact) mass is 256 g/mol. The Morgan fingerprint density at radius 3 is 2.83 bits per heavy atom. The number of nitrogens with zero attached hydrogens (tertiary/aromatic N) is 1. The van der Waals surface area contributed by atoms with Gasteiger partial charge in [-0.1, -0.05) is 0 Å². The van der Waals surface area contributed by atoms with Crippen LogP contribution in [0.15, 0.2) is 0 Å². The number of rotatable bonds is 4. The second-order valence-corrected chi connectivity index (χ2v) is 6.22. The molecule has 2 saturated heterocycles. The molecule has 0 amide bonds. The van der Waals surface area contributed by atoms with Gasteiger partial charge in [-0.05, 0) is 46.1 Å². The molecule has 2 heterocycles. The molecule has 0 spiro atoms. The molecule has 0 aliphatic carbocycles. The molecule has 2 fully saturated rings. The maximum absolute atomic E-state index is 5.93. The zero-order chi connectivity index (χ0) is 13.2. The van der Waals surface area contributed by atoms with Crippen LogP contribution in [0, 0.1) is 5.92 Å². The summed E-state index contributed by atoms with van der Waals surface area (Å²) in [6, 6.07) is 0.641. The Labute approximate surface area is 111 Å². The van der Waals surface area contributed by atoms with Crippen LogP contribution in [-0.4, -0.2) is 49.1 Å². The Kier molecular flexibility index (Phi) is 4.64. The quantitative estimate of drug-likeness (QED) is 0.830. The second kappa shape index (κ2) is 5.87. The number of piperidine rings is 1. The van der Waals surface area contributed by atoms with Crippen molar-refractivity contribution >= 4 is 0 Å². The van der Waals surface area contributed by atoms with Crippen molar-refractivity contribution in [2.45, 2.75) is 58.0 Å². The Balaban J connectivity index is 1.85. The van der Waals surface area contributed by atoms with Crippen LogP contribution in [0.5, 0.6) is 0 Å². The molecule has 4 heteroatoms. The van der Waals surface area contributed by atoms with Gasteiger partial charge in [0.2, 0.25) is 0 Å². The van der Waals surface area contributed by atoms with Gasteiger partial charge in [-0.3, -0.25) is 0 Å². The lowest BCUT2D eigenvalue weighted by Gasteiger charge is -2.38. The molecule has 4 nitrogen and oxygen atoms in total. The maximum atomic E-state index is 5.93. The van der Waals surface area contributed by atoms with Crippen LogP contribution in [0.1, 0.15) is 40.0 Å². The first kappa shape index (κ1) is 14.3. The van der Waals surface area contributed by atoms with E-state index in [9.17, 15) is 0 Å². The van der Waals surface area contributed by atoms with Gasteiger partial charge in [-0.2, -0.15) is 0 Å². The van der Waals surface area contributed by atoms with E-state index in [1.54, 1.807) is 0 Å². The van der Waals surface area contributed by atoms with Crippen LogP contribution in [0.3, 0.4) is 0 Å². The van der Waals surface area contributed by atoms with Crippen LogP contribution in [-0.2, 0) is 9.47 Å². The largest absolute Gasteiger partial charge is 0.347 e. The summed E-state index contributed by atoms with van der Waals surface area (Å²) in [4.78, 5) is 2.56. The molecule has 3 unspecified atom stereocenters. The summed E-state index contributed by atoms with van der Waals surface area (Å²) in [7, 11) is 0. The van der Waals surface area contributed by atoms with Gasteiger partial charge in [0.05, 0.1) is 12.7 Å². The molecular weight excluding hydrogens is 228 g/mol. The summed E-state index contributed by atoms with van der Waals surface area (Å²) in [5.74, 6) is 0.275. The Morgan fingerprint density at radius 1 is 1.44 bits per heavy atom. The van der Waals surface area contributed by atoms with Crippen molar-refractivity contribution < 1.29 is 9.47 Å². The molecular formula is C14H28N2O2. The van der Waals surface area contributed by atoms with Gasteiger partial charge in [-0.15, -0.1) is 0 Å². The molecule has 0 aromatic rings. The van der Waals surface area contributed by atoms with Crippen LogP contribution in [0.2, 0.25) is 0 Å². The van der Waals surface area contributed by atoms with Gasteiger partial charge in [0.25, 0.3) is 0 Å². The van der Waals surface area contributed by atoms with E-state index in [1.165, 1.54) is 25.9 Å². The molecule has 0 bridgehead atoms. The molecule has 0 saturated carbocycles. The lowest BCUT2D eigenvalue weighted by molar-refractivity contribution is -0.168. The third kappa shape index (κ3) is 3.44. The minimum atomic E-state index is -0.408. The van der Waals surface area contributed by atoms with E-state index in [2.05, 4.69) is 25.7 Å². The van der Waals surface area contributed by atoms with Gasteiger partial charge in [0.15, 0.2) is 5.79 Å². The van der Waals surface area contributed by atoms with Crippen molar-refractivity contribution in [3.05, 3.63) is 0 Å². The normalized spacial score (nSPS) is 38.5. The van der Waals surface area contributed by atoms with Gasteiger partial charge < -0.3 is 20.1 Å². The predicted molar refractivity (Wildman–Crippen MR) is 72.3 cm³/mol.